The summed E-state index contributed by atoms with van der Waals surface area (Å²) in [4.78, 5) is 19.4. The zero-order valence-electron chi connectivity index (χ0n) is 15.7. The van der Waals surface area contributed by atoms with Gasteiger partial charge in [-0.05, 0) is 51.2 Å². The first-order valence-electron chi connectivity index (χ1n) is 9.47. The minimum Gasteiger partial charge on any atom is -0.369 e. The number of pyridine rings is 1. The Morgan fingerprint density at radius 3 is 2.73 bits per heavy atom. The Kier molecular flexibility index (Phi) is 4.53. The Hall–Kier alpha value is -2.21. The van der Waals surface area contributed by atoms with E-state index in [0.717, 1.165) is 49.3 Å². The van der Waals surface area contributed by atoms with Crippen molar-refractivity contribution in [2.24, 2.45) is 0 Å². The molecule has 2 atom stereocenters. The molecule has 4 heterocycles. The highest BCUT2D eigenvalue weighted by molar-refractivity contribution is 5.94. The third-order valence-electron chi connectivity index (χ3n) is 5.62. The second kappa shape index (κ2) is 6.83. The van der Waals surface area contributed by atoms with Gasteiger partial charge in [-0.1, -0.05) is 6.07 Å². The van der Waals surface area contributed by atoms with Crippen LogP contribution in [0.4, 0.5) is 0 Å². The smallest absolute Gasteiger partial charge is 0.274 e. The maximum Gasteiger partial charge on any atom is 0.274 e. The van der Waals surface area contributed by atoms with Crippen molar-refractivity contribution in [3.63, 3.8) is 0 Å². The predicted octanol–water partition coefficient (Wildman–Crippen LogP) is 3.16. The summed E-state index contributed by atoms with van der Waals surface area (Å²) in [5, 5.41) is 7.36. The number of likely N-dealkylation sites (tertiary alicyclic amines) is 1. The van der Waals surface area contributed by atoms with Gasteiger partial charge in [-0.15, -0.1) is 0 Å². The molecule has 26 heavy (non-hydrogen) atoms. The van der Waals surface area contributed by atoms with Gasteiger partial charge < -0.3 is 9.64 Å². The molecule has 4 rings (SSSR count). The van der Waals surface area contributed by atoms with Gasteiger partial charge >= 0.3 is 0 Å². The summed E-state index contributed by atoms with van der Waals surface area (Å²) in [6.45, 7) is 7.58. The molecule has 2 aliphatic rings. The van der Waals surface area contributed by atoms with Crippen molar-refractivity contribution in [1.29, 1.82) is 0 Å². The molecule has 2 aliphatic heterocycles. The van der Waals surface area contributed by atoms with Gasteiger partial charge in [-0.2, -0.15) is 5.10 Å². The number of aryl methyl sites for hydroxylation is 1. The number of carbonyl (C=O) groups excluding carboxylic acids is 1. The zero-order chi connectivity index (χ0) is 18.3. The van der Waals surface area contributed by atoms with Gasteiger partial charge in [0.1, 0.15) is 0 Å². The number of nitrogens with zero attached hydrogens (tertiary/aromatic N) is 3. The van der Waals surface area contributed by atoms with Crippen LogP contribution in [0.3, 0.4) is 0 Å². The summed E-state index contributed by atoms with van der Waals surface area (Å²) >= 11 is 0. The van der Waals surface area contributed by atoms with Crippen LogP contribution in [0.1, 0.15) is 71.7 Å². The number of aromatic amines is 1. The summed E-state index contributed by atoms with van der Waals surface area (Å²) in [6, 6.07) is 4.23. The molecule has 2 aromatic rings. The number of carbonyl (C=O) groups is 1. The van der Waals surface area contributed by atoms with E-state index in [0.29, 0.717) is 11.6 Å². The van der Waals surface area contributed by atoms with E-state index in [1.165, 1.54) is 5.56 Å². The van der Waals surface area contributed by atoms with Crippen LogP contribution >= 0.6 is 0 Å². The van der Waals surface area contributed by atoms with E-state index < -0.39 is 0 Å². The number of fused-ring (bicyclic) bond motifs is 1. The molecule has 138 valence electrons. The van der Waals surface area contributed by atoms with Crippen LogP contribution in [0.5, 0.6) is 0 Å². The fourth-order valence-corrected chi connectivity index (χ4v) is 4.14. The molecule has 0 aromatic carbocycles. The molecule has 6 nitrogen and oxygen atoms in total. The summed E-state index contributed by atoms with van der Waals surface area (Å²) in [5.41, 5.74) is 4.88. The molecule has 0 unspecified atom stereocenters. The lowest BCUT2D eigenvalue weighted by atomic mass is 9.90. The average molecular weight is 354 g/mol. The molecule has 0 bridgehead atoms. The molecule has 0 aliphatic carbocycles. The molecule has 1 N–H and O–H groups in total. The number of hydrogen-bond acceptors (Lipinski definition) is 4. The summed E-state index contributed by atoms with van der Waals surface area (Å²) in [7, 11) is 0. The predicted molar refractivity (Wildman–Crippen MR) is 98.1 cm³/mol. The Bertz CT molecular complexity index is 791. The number of aromatic nitrogens is 3. The highest BCUT2D eigenvalue weighted by Gasteiger charge is 2.32. The van der Waals surface area contributed by atoms with Gasteiger partial charge in [0.2, 0.25) is 0 Å². The molecule has 6 heteroatoms. The monoisotopic (exact) mass is 354 g/mol. The van der Waals surface area contributed by atoms with Crippen molar-refractivity contribution in [3.8, 4) is 0 Å². The lowest BCUT2D eigenvalue weighted by Crippen LogP contribution is -2.38. The number of piperidine rings is 1. The van der Waals surface area contributed by atoms with E-state index >= 15 is 0 Å². The molecule has 1 amide bonds. The van der Waals surface area contributed by atoms with Crippen LogP contribution < -0.4 is 0 Å². The van der Waals surface area contributed by atoms with Gasteiger partial charge in [0.05, 0.1) is 17.9 Å². The van der Waals surface area contributed by atoms with Gasteiger partial charge in [0.25, 0.3) is 5.91 Å². The highest BCUT2D eigenvalue weighted by atomic mass is 16.5. The minimum atomic E-state index is -0.0393. The van der Waals surface area contributed by atoms with Crippen LogP contribution in [-0.4, -0.2) is 45.2 Å². The van der Waals surface area contributed by atoms with Crippen molar-refractivity contribution >= 4 is 5.91 Å². The Morgan fingerprint density at radius 1 is 1.27 bits per heavy atom. The second-order valence-electron chi connectivity index (χ2n) is 7.56. The van der Waals surface area contributed by atoms with Gasteiger partial charge in [0.15, 0.2) is 5.69 Å². The zero-order valence-corrected chi connectivity index (χ0v) is 15.7. The third-order valence-corrected chi connectivity index (χ3v) is 5.62. The number of ether oxygens (including phenoxy) is 1. The maximum atomic E-state index is 13.0. The fourth-order valence-electron chi connectivity index (χ4n) is 4.14. The van der Waals surface area contributed by atoms with Crippen molar-refractivity contribution in [3.05, 3.63) is 46.5 Å². The standard InChI is InChI=1S/C20H26N4O2/c1-12-4-5-16(11-21-12)15-6-8-24(9-7-15)20(25)19-17-10-13(2)26-14(3)18(17)22-23-19/h4-5,11,13-15H,6-10H2,1-3H3,(H,22,23)/t13-,14+/m1/s1. The molecule has 0 spiro atoms. The topological polar surface area (TPSA) is 71.1 Å². The van der Waals surface area contributed by atoms with Crippen LogP contribution in [-0.2, 0) is 11.2 Å². The summed E-state index contributed by atoms with van der Waals surface area (Å²) in [6.07, 6.45) is 4.73. The summed E-state index contributed by atoms with van der Waals surface area (Å²) in [5.74, 6) is 0.526. The quantitative estimate of drug-likeness (QED) is 0.899. The van der Waals surface area contributed by atoms with Gasteiger partial charge in [-0.25, -0.2) is 0 Å². The van der Waals surface area contributed by atoms with E-state index in [-0.39, 0.29) is 18.1 Å². The third kappa shape index (κ3) is 3.14. The van der Waals surface area contributed by atoms with Crippen molar-refractivity contribution in [2.75, 3.05) is 13.1 Å². The lowest BCUT2D eigenvalue weighted by molar-refractivity contribution is -0.00702. The molecule has 1 saturated heterocycles. The SMILES string of the molecule is Cc1ccc(C2CCN(C(=O)c3n[nH]c4c3C[C@@H](C)O[C@H]4C)CC2)cn1. The molecular weight excluding hydrogens is 328 g/mol. The molecular formula is C20H26N4O2. The molecule has 2 aromatic heterocycles. The molecule has 0 saturated carbocycles. The largest absolute Gasteiger partial charge is 0.369 e. The Morgan fingerprint density at radius 2 is 2.04 bits per heavy atom. The van der Waals surface area contributed by atoms with Crippen LogP contribution in [0.25, 0.3) is 0 Å². The maximum absolute atomic E-state index is 13.0. The second-order valence-corrected chi connectivity index (χ2v) is 7.56. The highest BCUT2D eigenvalue weighted by Crippen LogP contribution is 2.32. The molecule has 0 radical (unpaired) electrons. The first kappa shape index (κ1) is 17.2. The van der Waals surface area contributed by atoms with Gasteiger partial charge in [-0.3, -0.25) is 14.9 Å². The lowest BCUT2D eigenvalue weighted by Gasteiger charge is -2.32. The molecule has 1 fully saturated rings. The Labute approximate surface area is 154 Å². The normalized spacial score (nSPS) is 23.7. The average Bonchev–Trinajstić information content (AvgIpc) is 3.06. The van der Waals surface area contributed by atoms with Crippen LogP contribution in [0, 0.1) is 6.92 Å². The van der Waals surface area contributed by atoms with E-state index in [1.54, 1.807) is 0 Å². The first-order chi connectivity index (χ1) is 12.5. The van der Waals surface area contributed by atoms with Crippen LogP contribution in [0.15, 0.2) is 18.3 Å². The number of nitrogens with one attached hydrogen (secondary N) is 1. The van der Waals surface area contributed by atoms with E-state index in [4.69, 9.17) is 4.74 Å². The fraction of sp³-hybridized carbons (Fsp3) is 0.550. The van der Waals surface area contributed by atoms with Crippen LogP contribution in [0.2, 0.25) is 0 Å². The minimum absolute atomic E-state index is 0.0393. The van der Waals surface area contributed by atoms with Crippen molar-refractivity contribution in [1.82, 2.24) is 20.1 Å². The van der Waals surface area contributed by atoms with E-state index in [2.05, 4.69) is 27.3 Å². The first-order valence-corrected chi connectivity index (χ1v) is 9.47. The van der Waals surface area contributed by atoms with E-state index in [1.807, 2.05) is 31.9 Å². The van der Waals surface area contributed by atoms with Crippen molar-refractivity contribution < 1.29 is 9.53 Å². The van der Waals surface area contributed by atoms with E-state index in [9.17, 15) is 4.79 Å². The number of hydrogen-bond donors (Lipinski definition) is 1. The number of rotatable bonds is 2. The Balaban J connectivity index is 1.45. The number of H-pyrrole nitrogens is 1. The number of amides is 1. The summed E-state index contributed by atoms with van der Waals surface area (Å²) < 4.78 is 5.82. The van der Waals surface area contributed by atoms with Gasteiger partial charge in [0, 0.05) is 37.0 Å². The van der Waals surface area contributed by atoms with Crippen molar-refractivity contribution in [2.45, 2.75) is 58.2 Å².